The number of hydrogen-bond acceptors (Lipinski definition) is 4. The lowest BCUT2D eigenvalue weighted by atomic mass is 10.1. The molecule has 112 valence electrons. The van der Waals surface area contributed by atoms with Gasteiger partial charge in [0.05, 0.1) is 12.2 Å². The van der Waals surface area contributed by atoms with Gasteiger partial charge in [-0.3, -0.25) is 9.59 Å². The van der Waals surface area contributed by atoms with E-state index in [1.807, 2.05) is 19.9 Å². The van der Waals surface area contributed by atoms with E-state index in [0.717, 1.165) is 21.7 Å². The van der Waals surface area contributed by atoms with Gasteiger partial charge in [-0.1, -0.05) is 0 Å². The highest BCUT2D eigenvalue weighted by Gasteiger charge is 2.14. The van der Waals surface area contributed by atoms with Crippen LogP contribution < -0.4 is 10.9 Å². The number of carbonyl (C=O) groups is 1. The van der Waals surface area contributed by atoms with Gasteiger partial charge in [0.15, 0.2) is 0 Å². The largest absolute Gasteiger partial charge is 0.391 e. The fraction of sp³-hybridized carbons (Fsp3) is 0.333. The van der Waals surface area contributed by atoms with Crippen molar-refractivity contribution >= 4 is 17.2 Å². The van der Waals surface area contributed by atoms with E-state index in [0.29, 0.717) is 11.1 Å². The monoisotopic (exact) mass is 306 g/mol. The Morgan fingerprint density at radius 1 is 1.38 bits per heavy atom. The Morgan fingerprint density at radius 3 is 2.67 bits per heavy atom. The number of aromatic amines is 1. The van der Waals surface area contributed by atoms with Crippen molar-refractivity contribution in [1.82, 2.24) is 10.3 Å². The fourth-order valence-electron chi connectivity index (χ4n) is 2.20. The third kappa shape index (κ3) is 3.22. The minimum absolute atomic E-state index is 0.0689. The van der Waals surface area contributed by atoms with Crippen LogP contribution in [-0.4, -0.2) is 16.0 Å². The number of thiophene rings is 1. The minimum atomic E-state index is -0.233. The van der Waals surface area contributed by atoms with E-state index in [-0.39, 0.29) is 24.6 Å². The number of amides is 1. The van der Waals surface area contributed by atoms with E-state index in [4.69, 9.17) is 5.11 Å². The van der Waals surface area contributed by atoms with Crippen LogP contribution in [0.15, 0.2) is 16.2 Å². The number of pyridine rings is 1. The van der Waals surface area contributed by atoms with Crippen molar-refractivity contribution in [1.29, 1.82) is 0 Å². The van der Waals surface area contributed by atoms with Crippen LogP contribution in [0, 0.1) is 20.8 Å². The standard InChI is InChI=1S/C15H18N2O3S/c1-8-4-9(2)17-15(20)11(8)5-16-14(19)12-7-21-13(6-18)10(12)3/h4,7,18H,5-6H2,1-3H3,(H,16,19)(H,17,20). The number of aryl methyl sites for hydroxylation is 2. The molecule has 0 aromatic carbocycles. The molecule has 2 aromatic rings. The molecule has 21 heavy (non-hydrogen) atoms. The van der Waals surface area contributed by atoms with Crippen molar-refractivity contribution < 1.29 is 9.90 Å². The average Bonchev–Trinajstić information content (AvgIpc) is 2.78. The second-order valence-corrected chi connectivity index (χ2v) is 5.95. The van der Waals surface area contributed by atoms with Crippen LogP contribution in [0.3, 0.4) is 0 Å². The van der Waals surface area contributed by atoms with Crippen molar-refractivity contribution in [2.75, 3.05) is 0 Å². The summed E-state index contributed by atoms with van der Waals surface area (Å²) in [6.07, 6.45) is 0. The number of H-pyrrole nitrogens is 1. The summed E-state index contributed by atoms with van der Waals surface area (Å²) in [6, 6.07) is 1.88. The first-order valence-corrected chi connectivity index (χ1v) is 7.47. The Kier molecular flexibility index (Phi) is 4.59. The summed E-state index contributed by atoms with van der Waals surface area (Å²) in [6.45, 7) is 5.59. The van der Waals surface area contributed by atoms with Crippen molar-refractivity contribution in [2.45, 2.75) is 33.9 Å². The van der Waals surface area contributed by atoms with Crippen LogP contribution in [0.5, 0.6) is 0 Å². The second-order valence-electron chi connectivity index (χ2n) is 4.98. The predicted molar refractivity (Wildman–Crippen MR) is 82.7 cm³/mol. The van der Waals surface area contributed by atoms with Crippen LogP contribution in [0.4, 0.5) is 0 Å². The molecule has 1 amide bonds. The number of aliphatic hydroxyl groups is 1. The Labute approximate surface area is 126 Å². The lowest BCUT2D eigenvalue weighted by Gasteiger charge is -2.08. The molecule has 0 bridgehead atoms. The average molecular weight is 306 g/mol. The van der Waals surface area contributed by atoms with Gasteiger partial charge in [-0.2, -0.15) is 0 Å². The first kappa shape index (κ1) is 15.5. The molecule has 0 atom stereocenters. The SMILES string of the molecule is Cc1cc(C)c(CNC(=O)c2csc(CO)c2C)c(=O)[nH]1. The first-order chi connectivity index (χ1) is 9.93. The Bertz CT molecular complexity index is 731. The molecular formula is C15H18N2O3S. The topological polar surface area (TPSA) is 82.2 Å². The molecule has 0 aliphatic rings. The second kappa shape index (κ2) is 6.24. The summed E-state index contributed by atoms with van der Waals surface area (Å²) in [5.41, 5.74) is 3.37. The zero-order valence-electron chi connectivity index (χ0n) is 12.2. The van der Waals surface area contributed by atoms with Crippen molar-refractivity contribution in [3.8, 4) is 0 Å². The van der Waals surface area contributed by atoms with E-state index in [2.05, 4.69) is 10.3 Å². The molecule has 0 saturated heterocycles. The van der Waals surface area contributed by atoms with Crippen LogP contribution in [-0.2, 0) is 13.2 Å². The molecular weight excluding hydrogens is 288 g/mol. The normalized spacial score (nSPS) is 10.7. The number of rotatable bonds is 4. The minimum Gasteiger partial charge on any atom is -0.391 e. The number of hydrogen-bond donors (Lipinski definition) is 3. The van der Waals surface area contributed by atoms with Crippen molar-refractivity contribution in [2.24, 2.45) is 0 Å². The van der Waals surface area contributed by atoms with E-state index in [1.165, 1.54) is 11.3 Å². The van der Waals surface area contributed by atoms with Gasteiger partial charge in [0.25, 0.3) is 11.5 Å². The Balaban J connectivity index is 2.15. The molecule has 6 heteroatoms. The van der Waals surface area contributed by atoms with Gasteiger partial charge in [-0.05, 0) is 38.0 Å². The summed E-state index contributed by atoms with van der Waals surface area (Å²) >= 11 is 1.36. The Morgan fingerprint density at radius 2 is 2.10 bits per heavy atom. The van der Waals surface area contributed by atoms with Crippen LogP contribution in [0.25, 0.3) is 0 Å². The maximum Gasteiger partial charge on any atom is 0.253 e. The molecule has 0 saturated carbocycles. The zero-order chi connectivity index (χ0) is 15.6. The van der Waals surface area contributed by atoms with Crippen molar-refractivity contribution in [3.63, 3.8) is 0 Å². The molecule has 2 rings (SSSR count). The summed E-state index contributed by atoms with van der Waals surface area (Å²) in [5, 5.41) is 13.6. The maximum atomic E-state index is 12.2. The maximum absolute atomic E-state index is 12.2. The van der Waals surface area contributed by atoms with Crippen LogP contribution in [0.2, 0.25) is 0 Å². The van der Waals surface area contributed by atoms with Gasteiger partial charge in [-0.15, -0.1) is 11.3 Å². The molecule has 0 spiro atoms. The molecule has 0 unspecified atom stereocenters. The van der Waals surface area contributed by atoms with E-state index >= 15 is 0 Å². The van der Waals surface area contributed by atoms with Crippen LogP contribution in [0.1, 0.15) is 37.6 Å². The van der Waals surface area contributed by atoms with Gasteiger partial charge >= 0.3 is 0 Å². The summed E-state index contributed by atoms with van der Waals surface area (Å²) in [7, 11) is 0. The smallest absolute Gasteiger partial charge is 0.253 e. The number of nitrogens with one attached hydrogen (secondary N) is 2. The molecule has 5 nitrogen and oxygen atoms in total. The molecule has 0 radical (unpaired) electrons. The lowest BCUT2D eigenvalue weighted by molar-refractivity contribution is 0.0950. The Hall–Kier alpha value is -1.92. The lowest BCUT2D eigenvalue weighted by Crippen LogP contribution is -2.28. The molecule has 2 heterocycles. The van der Waals surface area contributed by atoms with Gasteiger partial charge in [0, 0.05) is 28.1 Å². The number of aromatic nitrogens is 1. The molecule has 2 aromatic heterocycles. The third-order valence-electron chi connectivity index (χ3n) is 3.45. The third-order valence-corrected chi connectivity index (χ3v) is 4.52. The van der Waals surface area contributed by atoms with Gasteiger partial charge < -0.3 is 15.4 Å². The predicted octanol–water partition coefficient (Wildman–Crippen LogP) is 1.78. The molecule has 0 aliphatic heterocycles. The van der Waals surface area contributed by atoms with E-state index < -0.39 is 0 Å². The molecule has 0 aliphatic carbocycles. The molecule has 3 N–H and O–H groups in total. The van der Waals surface area contributed by atoms with Crippen LogP contribution >= 0.6 is 11.3 Å². The van der Waals surface area contributed by atoms with Crippen molar-refractivity contribution in [3.05, 3.63) is 54.6 Å². The quantitative estimate of drug-likeness (QED) is 0.805. The number of carbonyl (C=O) groups excluding carboxylic acids is 1. The van der Waals surface area contributed by atoms with E-state index in [9.17, 15) is 9.59 Å². The van der Waals surface area contributed by atoms with Gasteiger partial charge in [-0.25, -0.2) is 0 Å². The first-order valence-electron chi connectivity index (χ1n) is 6.59. The van der Waals surface area contributed by atoms with Gasteiger partial charge in [0.2, 0.25) is 0 Å². The summed E-state index contributed by atoms with van der Waals surface area (Å²) in [4.78, 5) is 27.6. The fourth-order valence-corrected chi connectivity index (χ4v) is 3.11. The number of aliphatic hydroxyl groups excluding tert-OH is 1. The zero-order valence-corrected chi connectivity index (χ0v) is 13.1. The van der Waals surface area contributed by atoms with E-state index in [1.54, 1.807) is 12.3 Å². The molecule has 0 fully saturated rings. The highest BCUT2D eigenvalue weighted by Crippen LogP contribution is 2.21. The summed E-state index contributed by atoms with van der Waals surface area (Å²) in [5.74, 6) is -0.233. The highest BCUT2D eigenvalue weighted by molar-refractivity contribution is 7.10. The highest BCUT2D eigenvalue weighted by atomic mass is 32.1. The summed E-state index contributed by atoms with van der Waals surface area (Å²) < 4.78 is 0. The van der Waals surface area contributed by atoms with Gasteiger partial charge in [0.1, 0.15) is 0 Å².